The van der Waals surface area contributed by atoms with Crippen molar-refractivity contribution < 1.29 is 14.7 Å². The Labute approximate surface area is 96.4 Å². The Balaban J connectivity index is 2.74. The van der Waals surface area contributed by atoms with Gasteiger partial charge in [-0.05, 0) is 33.1 Å². The number of nitrogens with one attached hydrogen (secondary N) is 1. The van der Waals surface area contributed by atoms with Gasteiger partial charge >= 0.3 is 5.97 Å². The number of amides is 1. The lowest BCUT2D eigenvalue weighted by atomic mass is 9.81. The second kappa shape index (κ2) is 4.44. The van der Waals surface area contributed by atoms with Crippen LogP contribution >= 0.6 is 0 Å². The third-order valence-electron chi connectivity index (χ3n) is 3.68. The van der Waals surface area contributed by atoms with Crippen molar-refractivity contribution in [2.45, 2.75) is 58.4 Å². The number of carboxylic acids is 1. The van der Waals surface area contributed by atoms with Gasteiger partial charge in [0.05, 0.1) is 0 Å². The maximum absolute atomic E-state index is 12.1. The van der Waals surface area contributed by atoms with Crippen molar-refractivity contribution in [1.82, 2.24) is 5.32 Å². The summed E-state index contributed by atoms with van der Waals surface area (Å²) in [5, 5.41) is 11.6. The number of hydrogen-bond acceptors (Lipinski definition) is 2. The molecule has 0 aromatic heterocycles. The van der Waals surface area contributed by atoms with Crippen LogP contribution in [0.3, 0.4) is 0 Å². The van der Waals surface area contributed by atoms with E-state index in [9.17, 15) is 9.59 Å². The van der Waals surface area contributed by atoms with E-state index in [-0.39, 0.29) is 11.3 Å². The Morgan fingerprint density at radius 3 is 2.19 bits per heavy atom. The molecule has 1 fully saturated rings. The number of hydrogen-bond donors (Lipinski definition) is 2. The van der Waals surface area contributed by atoms with Crippen LogP contribution < -0.4 is 5.32 Å². The molecule has 1 saturated carbocycles. The van der Waals surface area contributed by atoms with E-state index in [0.29, 0.717) is 0 Å². The van der Waals surface area contributed by atoms with Crippen molar-refractivity contribution >= 4 is 11.9 Å². The second-order valence-electron chi connectivity index (χ2n) is 5.23. The van der Waals surface area contributed by atoms with Gasteiger partial charge in [0.15, 0.2) is 0 Å². The molecule has 0 unspecified atom stereocenters. The lowest BCUT2D eigenvalue weighted by Crippen LogP contribution is -2.54. The fraction of sp³-hybridized carbons (Fsp3) is 0.833. The van der Waals surface area contributed by atoms with E-state index in [1.165, 1.54) is 13.8 Å². The monoisotopic (exact) mass is 227 g/mol. The van der Waals surface area contributed by atoms with E-state index >= 15 is 0 Å². The van der Waals surface area contributed by atoms with Gasteiger partial charge in [0.1, 0.15) is 5.54 Å². The fourth-order valence-corrected chi connectivity index (χ4v) is 2.26. The third kappa shape index (κ3) is 2.36. The molecule has 2 N–H and O–H groups in total. The summed E-state index contributed by atoms with van der Waals surface area (Å²) in [4.78, 5) is 23.1. The van der Waals surface area contributed by atoms with Crippen LogP contribution in [0.5, 0.6) is 0 Å². The zero-order chi connectivity index (χ0) is 12.4. The van der Waals surface area contributed by atoms with Crippen molar-refractivity contribution in [3.63, 3.8) is 0 Å². The molecular weight excluding hydrogens is 206 g/mol. The third-order valence-corrected chi connectivity index (χ3v) is 3.68. The number of rotatable bonds is 4. The molecule has 0 spiro atoms. The summed E-state index contributed by atoms with van der Waals surface area (Å²) in [5.41, 5.74) is -1.51. The van der Waals surface area contributed by atoms with Crippen molar-refractivity contribution in [2.24, 2.45) is 5.41 Å². The molecule has 0 atom stereocenters. The topological polar surface area (TPSA) is 66.4 Å². The molecule has 1 aliphatic rings. The Hall–Kier alpha value is -1.06. The lowest BCUT2D eigenvalue weighted by molar-refractivity contribution is -0.148. The molecule has 0 aromatic carbocycles. The fourth-order valence-electron chi connectivity index (χ4n) is 2.26. The highest BCUT2D eigenvalue weighted by molar-refractivity contribution is 5.89. The van der Waals surface area contributed by atoms with Crippen LogP contribution in [0.1, 0.15) is 52.9 Å². The molecule has 92 valence electrons. The zero-order valence-corrected chi connectivity index (χ0v) is 10.3. The van der Waals surface area contributed by atoms with Gasteiger partial charge in [0.2, 0.25) is 5.91 Å². The van der Waals surface area contributed by atoms with Gasteiger partial charge in [-0.3, -0.25) is 4.79 Å². The predicted octanol–water partition coefficient (Wildman–Crippen LogP) is 1.94. The minimum absolute atomic E-state index is 0.0973. The molecule has 4 nitrogen and oxygen atoms in total. The van der Waals surface area contributed by atoms with E-state index in [1.807, 2.05) is 6.92 Å². The first kappa shape index (κ1) is 13.0. The minimum Gasteiger partial charge on any atom is -0.480 e. The highest BCUT2D eigenvalue weighted by atomic mass is 16.4. The van der Waals surface area contributed by atoms with Crippen molar-refractivity contribution in [3.8, 4) is 0 Å². The largest absolute Gasteiger partial charge is 0.480 e. The minimum atomic E-state index is -1.18. The molecule has 0 heterocycles. The van der Waals surface area contributed by atoms with Crippen molar-refractivity contribution in [3.05, 3.63) is 0 Å². The van der Waals surface area contributed by atoms with Crippen LogP contribution in [0.4, 0.5) is 0 Å². The molecule has 0 aromatic rings. The highest BCUT2D eigenvalue weighted by Gasteiger charge is 2.42. The number of carbonyl (C=O) groups is 2. The Kier molecular flexibility index (Phi) is 3.61. The predicted molar refractivity (Wildman–Crippen MR) is 61.0 cm³/mol. The summed E-state index contributed by atoms with van der Waals surface area (Å²) in [5.74, 6) is -1.09. The van der Waals surface area contributed by atoms with Crippen LogP contribution in [0.15, 0.2) is 0 Å². The van der Waals surface area contributed by atoms with Crippen LogP contribution in [-0.4, -0.2) is 22.5 Å². The summed E-state index contributed by atoms with van der Waals surface area (Å²) < 4.78 is 0. The normalized spacial score (nSPS) is 19.4. The molecule has 1 amide bonds. The van der Waals surface area contributed by atoms with E-state index in [4.69, 9.17) is 5.11 Å². The maximum Gasteiger partial charge on any atom is 0.328 e. The standard InChI is InChI=1S/C12H21NO3/c1-4-12(7-5-6-8-12)9(14)13-11(2,3)10(15)16/h4-8H2,1-3H3,(H,13,14)(H,15,16). The summed E-state index contributed by atoms with van der Waals surface area (Å²) in [6, 6.07) is 0. The lowest BCUT2D eigenvalue weighted by Gasteiger charge is -2.31. The van der Waals surface area contributed by atoms with Gasteiger partial charge in [-0.15, -0.1) is 0 Å². The molecule has 1 aliphatic carbocycles. The summed E-state index contributed by atoms with van der Waals surface area (Å²) >= 11 is 0. The second-order valence-corrected chi connectivity index (χ2v) is 5.23. The average Bonchev–Trinajstić information content (AvgIpc) is 2.66. The van der Waals surface area contributed by atoms with Crippen LogP contribution in [-0.2, 0) is 9.59 Å². The molecule has 0 bridgehead atoms. The molecule has 1 rings (SSSR count). The van der Waals surface area contributed by atoms with E-state index in [0.717, 1.165) is 32.1 Å². The number of carbonyl (C=O) groups excluding carboxylic acids is 1. The molecule has 0 radical (unpaired) electrons. The smallest absolute Gasteiger partial charge is 0.328 e. The van der Waals surface area contributed by atoms with E-state index < -0.39 is 11.5 Å². The average molecular weight is 227 g/mol. The first-order valence-electron chi connectivity index (χ1n) is 5.90. The van der Waals surface area contributed by atoms with Gasteiger partial charge in [-0.2, -0.15) is 0 Å². The van der Waals surface area contributed by atoms with Gasteiger partial charge in [0.25, 0.3) is 0 Å². The van der Waals surface area contributed by atoms with Crippen molar-refractivity contribution in [1.29, 1.82) is 0 Å². The summed E-state index contributed by atoms with van der Waals surface area (Å²) in [6.45, 7) is 5.04. The zero-order valence-electron chi connectivity index (χ0n) is 10.3. The summed E-state index contributed by atoms with van der Waals surface area (Å²) in [7, 11) is 0. The molecule has 0 aliphatic heterocycles. The Morgan fingerprint density at radius 1 is 1.31 bits per heavy atom. The van der Waals surface area contributed by atoms with E-state index in [2.05, 4.69) is 5.32 Å². The van der Waals surface area contributed by atoms with Crippen LogP contribution in [0, 0.1) is 5.41 Å². The maximum atomic E-state index is 12.1. The summed E-state index contributed by atoms with van der Waals surface area (Å²) in [6.07, 6.45) is 4.67. The van der Waals surface area contributed by atoms with Gasteiger partial charge < -0.3 is 10.4 Å². The van der Waals surface area contributed by atoms with Gasteiger partial charge in [-0.1, -0.05) is 19.8 Å². The van der Waals surface area contributed by atoms with Crippen LogP contribution in [0.25, 0.3) is 0 Å². The Bertz CT molecular complexity index is 291. The molecular formula is C12H21NO3. The highest BCUT2D eigenvalue weighted by Crippen LogP contribution is 2.41. The Morgan fingerprint density at radius 2 is 1.81 bits per heavy atom. The molecule has 4 heteroatoms. The van der Waals surface area contributed by atoms with Gasteiger partial charge in [-0.25, -0.2) is 4.79 Å². The van der Waals surface area contributed by atoms with Crippen molar-refractivity contribution in [2.75, 3.05) is 0 Å². The number of carboxylic acid groups (broad SMARTS) is 1. The van der Waals surface area contributed by atoms with Gasteiger partial charge in [0, 0.05) is 5.41 Å². The first-order chi connectivity index (χ1) is 7.34. The van der Waals surface area contributed by atoms with E-state index in [1.54, 1.807) is 0 Å². The quantitative estimate of drug-likeness (QED) is 0.771. The molecule has 16 heavy (non-hydrogen) atoms. The molecule has 0 saturated heterocycles. The number of aliphatic carboxylic acids is 1. The first-order valence-corrected chi connectivity index (χ1v) is 5.90. The SMILES string of the molecule is CCC1(C(=O)NC(C)(C)C(=O)O)CCCC1. The van der Waals surface area contributed by atoms with Crippen LogP contribution in [0.2, 0.25) is 0 Å².